The fourth-order valence-corrected chi connectivity index (χ4v) is 10.5. The van der Waals surface area contributed by atoms with Crippen LogP contribution in [0.25, 0.3) is 66.7 Å². The van der Waals surface area contributed by atoms with Crippen LogP contribution in [0.15, 0.2) is 182 Å². The second-order valence-corrected chi connectivity index (χ2v) is 17.4. The molecule has 61 heavy (non-hydrogen) atoms. The minimum absolute atomic E-state index is 0.241. The summed E-state index contributed by atoms with van der Waals surface area (Å²) in [5.41, 5.74) is 23.6. The Hall–Kier alpha value is -7.16. The van der Waals surface area contributed by atoms with Crippen molar-refractivity contribution in [2.45, 2.75) is 46.5 Å². The molecule has 2 nitrogen and oxygen atoms in total. The minimum Gasteiger partial charge on any atom is -0.310 e. The van der Waals surface area contributed by atoms with Gasteiger partial charge in [-0.1, -0.05) is 153 Å². The van der Waals surface area contributed by atoms with E-state index in [0.717, 1.165) is 23.5 Å². The van der Waals surface area contributed by atoms with Gasteiger partial charge < -0.3 is 9.30 Å². The van der Waals surface area contributed by atoms with E-state index in [1.165, 1.54) is 105 Å². The number of allylic oxidation sites excluding steroid dienone is 5. The molecule has 0 spiro atoms. The molecule has 0 aliphatic heterocycles. The molecule has 2 heteroatoms. The number of para-hydroxylation sites is 2. The van der Waals surface area contributed by atoms with Gasteiger partial charge in [0.1, 0.15) is 0 Å². The normalized spacial score (nSPS) is 14.4. The Bertz CT molecular complexity index is 3330. The smallest absolute Gasteiger partial charge is 0.0620 e. The maximum absolute atomic E-state index is 4.35. The average molecular weight is 785 g/mol. The summed E-state index contributed by atoms with van der Waals surface area (Å²) in [6.45, 7) is 15.8. The molecule has 0 unspecified atom stereocenters. The topological polar surface area (TPSA) is 7.65 Å². The number of hydrogen-bond acceptors (Lipinski definition) is 1. The van der Waals surface area contributed by atoms with Crippen molar-refractivity contribution in [2.75, 3.05) is 4.90 Å². The first-order valence-corrected chi connectivity index (χ1v) is 21.6. The summed E-state index contributed by atoms with van der Waals surface area (Å²) >= 11 is 0. The maximum Gasteiger partial charge on any atom is 0.0620 e. The van der Waals surface area contributed by atoms with Crippen molar-refractivity contribution in [3.8, 4) is 22.3 Å². The molecule has 0 saturated heterocycles. The number of hydrogen-bond donors (Lipinski definition) is 0. The highest BCUT2D eigenvalue weighted by Crippen LogP contribution is 2.52. The third kappa shape index (κ3) is 5.55. The second kappa shape index (κ2) is 14.0. The average Bonchev–Trinajstić information content (AvgIpc) is 4.03. The summed E-state index contributed by atoms with van der Waals surface area (Å²) in [6, 6.07) is 56.4. The lowest BCUT2D eigenvalue weighted by Gasteiger charge is -2.29. The molecule has 0 N–H and O–H groups in total. The van der Waals surface area contributed by atoms with Crippen LogP contribution in [0.3, 0.4) is 0 Å². The van der Waals surface area contributed by atoms with Gasteiger partial charge in [0.05, 0.1) is 16.7 Å². The van der Waals surface area contributed by atoms with E-state index >= 15 is 0 Å². The molecule has 7 aromatic carbocycles. The van der Waals surface area contributed by atoms with Crippen LogP contribution in [0.4, 0.5) is 17.1 Å². The molecule has 0 amide bonds. The quantitative estimate of drug-likeness (QED) is 0.149. The monoisotopic (exact) mass is 784 g/mol. The van der Waals surface area contributed by atoms with E-state index in [4.69, 9.17) is 0 Å². The number of benzene rings is 7. The van der Waals surface area contributed by atoms with Crippen LogP contribution in [0.1, 0.15) is 73.2 Å². The molecule has 2 aliphatic carbocycles. The van der Waals surface area contributed by atoms with Crippen molar-refractivity contribution < 1.29 is 0 Å². The van der Waals surface area contributed by atoms with Gasteiger partial charge >= 0.3 is 0 Å². The molecule has 11 rings (SSSR count). The lowest BCUT2D eigenvalue weighted by Crippen LogP contribution is -2.17. The van der Waals surface area contributed by atoms with E-state index in [1.54, 1.807) is 0 Å². The van der Waals surface area contributed by atoms with Crippen LogP contribution in [-0.2, 0) is 5.41 Å². The summed E-state index contributed by atoms with van der Waals surface area (Å²) < 4.78 is 2.48. The molecular weight excluding hydrogens is 737 g/mol. The van der Waals surface area contributed by atoms with Gasteiger partial charge in [0.2, 0.25) is 0 Å². The van der Waals surface area contributed by atoms with Crippen molar-refractivity contribution in [2.24, 2.45) is 0 Å². The van der Waals surface area contributed by atoms with Crippen LogP contribution in [-0.4, -0.2) is 4.40 Å². The molecule has 0 bridgehead atoms. The highest BCUT2D eigenvalue weighted by molar-refractivity contribution is 6.18. The minimum atomic E-state index is -0.241. The van der Waals surface area contributed by atoms with Gasteiger partial charge in [0, 0.05) is 49.8 Å². The zero-order chi connectivity index (χ0) is 41.6. The van der Waals surface area contributed by atoms with E-state index in [2.05, 4.69) is 220 Å². The maximum atomic E-state index is 4.35. The lowest BCUT2D eigenvalue weighted by molar-refractivity contribution is 0.660. The molecule has 9 aromatic rings. The highest BCUT2D eigenvalue weighted by atomic mass is 15.1. The van der Waals surface area contributed by atoms with E-state index in [-0.39, 0.29) is 5.41 Å². The summed E-state index contributed by atoms with van der Waals surface area (Å²) in [5, 5.41) is 3.80. The second-order valence-electron chi connectivity index (χ2n) is 17.4. The first-order valence-electron chi connectivity index (χ1n) is 21.6. The fourth-order valence-electron chi connectivity index (χ4n) is 10.5. The molecule has 0 saturated carbocycles. The zero-order valence-corrected chi connectivity index (χ0v) is 35.6. The Labute approximate surface area is 359 Å². The first kappa shape index (κ1) is 36.9. The zero-order valence-electron chi connectivity index (χ0n) is 35.6. The molecule has 0 fully saturated rings. The summed E-state index contributed by atoms with van der Waals surface area (Å²) in [7, 11) is 0. The predicted molar refractivity (Wildman–Crippen MR) is 262 cm³/mol. The first-order chi connectivity index (χ1) is 29.8. The number of aromatic nitrogens is 1. The van der Waals surface area contributed by atoms with Crippen molar-refractivity contribution in [1.29, 1.82) is 0 Å². The van der Waals surface area contributed by atoms with Gasteiger partial charge in [-0.2, -0.15) is 0 Å². The van der Waals surface area contributed by atoms with Crippen molar-refractivity contribution in [1.82, 2.24) is 4.40 Å². The number of fused-ring (bicyclic) bond motifs is 6. The van der Waals surface area contributed by atoms with Gasteiger partial charge in [-0.05, 0) is 131 Å². The molecule has 2 aromatic heterocycles. The van der Waals surface area contributed by atoms with Gasteiger partial charge in [-0.15, -0.1) is 0 Å². The van der Waals surface area contributed by atoms with Crippen LogP contribution in [0.2, 0.25) is 0 Å². The number of aryl methyl sites for hydroxylation is 1. The SMILES string of the molecule is C=Cc1c(/C(=C\C)c2ccc3c(c2)C(C)(C)c2cc(N(c4ccc(-c5ccccc5)cc4)c4ccc(C)c(C5=C(C)CC=C5)c4)ccc2-3)n2c3ccccc3c3cccc1c32. The standard InChI is InChI=1S/C59H48N2/c1-7-45(57-46(8-2)51-21-15-22-52-50-19-12-13-23-56(50)61(57)58(51)52)41-27-32-48-49-33-31-44(36-55(49)59(5,6)54(48)34-41)60(42-29-25-40(26-30-42)39-17-10-9-11-18-39)43-28-24-38(4)53(35-43)47-20-14-16-37(47)3/h7-15,17-36H,2,16H2,1,3-6H3/b45-7-. The molecule has 294 valence electrons. The Balaban J connectivity index is 1.03. The Kier molecular flexibility index (Phi) is 8.44. The van der Waals surface area contributed by atoms with Crippen molar-refractivity contribution in [3.63, 3.8) is 0 Å². The molecule has 0 radical (unpaired) electrons. The van der Waals surface area contributed by atoms with Crippen LogP contribution in [0, 0.1) is 6.92 Å². The molecule has 2 heterocycles. The summed E-state index contributed by atoms with van der Waals surface area (Å²) in [5.74, 6) is 0. The number of rotatable bonds is 8. The van der Waals surface area contributed by atoms with E-state index < -0.39 is 0 Å². The summed E-state index contributed by atoms with van der Waals surface area (Å²) in [6.07, 6.45) is 9.92. The molecule has 2 aliphatic rings. The van der Waals surface area contributed by atoms with Gasteiger partial charge in [0.15, 0.2) is 0 Å². The third-order valence-electron chi connectivity index (χ3n) is 13.6. The molecule has 0 atom stereocenters. The van der Waals surface area contributed by atoms with Gasteiger partial charge in [-0.25, -0.2) is 0 Å². The largest absolute Gasteiger partial charge is 0.310 e. The van der Waals surface area contributed by atoms with E-state index in [1.807, 2.05) is 6.08 Å². The van der Waals surface area contributed by atoms with Crippen LogP contribution >= 0.6 is 0 Å². The van der Waals surface area contributed by atoms with Gasteiger partial charge in [-0.3, -0.25) is 0 Å². The Morgan fingerprint density at radius 1 is 0.639 bits per heavy atom. The third-order valence-corrected chi connectivity index (χ3v) is 13.6. The Morgan fingerprint density at radius 3 is 2.05 bits per heavy atom. The number of nitrogens with zero attached hydrogens (tertiary/aromatic N) is 2. The van der Waals surface area contributed by atoms with E-state index in [0.29, 0.717) is 0 Å². The van der Waals surface area contributed by atoms with Gasteiger partial charge in [0.25, 0.3) is 0 Å². The van der Waals surface area contributed by atoms with E-state index in [9.17, 15) is 0 Å². The molecular formula is C59H48N2. The number of anilines is 3. The van der Waals surface area contributed by atoms with Crippen LogP contribution in [0.5, 0.6) is 0 Å². The lowest BCUT2D eigenvalue weighted by atomic mass is 9.81. The highest BCUT2D eigenvalue weighted by Gasteiger charge is 2.37. The Morgan fingerprint density at radius 2 is 1.30 bits per heavy atom. The van der Waals surface area contributed by atoms with Crippen LogP contribution < -0.4 is 4.90 Å². The van der Waals surface area contributed by atoms with Crippen molar-refractivity contribution in [3.05, 3.63) is 221 Å². The predicted octanol–water partition coefficient (Wildman–Crippen LogP) is 16.3. The van der Waals surface area contributed by atoms with Crippen molar-refractivity contribution >= 4 is 61.5 Å². The summed E-state index contributed by atoms with van der Waals surface area (Å²) in [4.78, 5) is 2.44. The fraction of sp³-hybridized carbons (Fsp3) is 0.119.